The molecule has 1 aliphatic carbocycles. The molecule has 0 spiro atoms. The molecule has 2 N–H and O–H groups in total. The first-order valence-electron chi connectivity index (χ1n) is 26.1. The lowest BCUT2D eigenvalue weighted by molar-refractivity contribution is 0.453. The molecule has 0 amide bonds. The van der Waals surface area contributed by atoms with E-state index in [0.717, 1.165) is 68.5 Å². The van der Waals surface area contributed by atoms with Gasteiger partial charge in [0.1, 0.15) is 11.5 Å². The van der Waals surface area contributed by atoms with Crippen molar-refractivity contribution in [3.8, 4) is 11.5 Å². The molecule has 0 radical (unpaired) electrons. The van der Waals surface area contributed by atoms with Gasteiger partial charge in [0.15, 0.2) is 0 Å². The molecule has 72 heavy (non-hydrogen) atoms. The van der Waals surface area contributed by atoms with Crippen LogP contribution in [0.15, 0.2) is 206 Å². The Hall–Kier alpha value is -5.94. The molecule has 1 aliphatic rings. The Morgan fingerprint density at radius 2 is 0.597 bits per heavy atom. The van der Waals surface area contributed by atoms with Crippen molar-refractivity contribution in [3.05, 3.63) is 273 Å². The van der Waals surface area contributed by atoms with Crippen molar-refractivity contribution in [2.75, 3.05) is 0 Å². The van der Waals surface area contributed by atoms with Crippen LogP contribution in [-0.2, 0) is 33.2 Å². The Labute approximate surface area is 439 Å². The van der Waals surface area contributed by atoms with E-state index in [1.807, 2.05) is 23.5 Å². The predicted octanol–water partition coefficient (Wildman–Crippen LogP) is 17.7. The molecule has 368 valence electrons. The molecule has 0 bridgehead atoms. The van der Waals surface area contributed by atoms with Gasteiger partial charge in [0.05, 0.1) is 10.8 Å². The molecular formula is C68H72O2S2. The van der Waals surface area contributed by atoms with E-state index in [2.05, 4.69) is 248 Å². The Morgan fingerprint density at radius 3 is 0.833 bits per heavy atom. The first kappa shape index (κ1) is 51.0. The summed E-state index contributed by atoms with van der Waals surface area (Å²) in [6, 6.07) is 73.7. The molecule has 0 aromatic heterocycles. The zero-order valence-corrected chi connectivity index (χ0v) is 44.8. The molecule has 8 aromatic carbocycles. The molecular weight excluding hydrogens is 913 g/mol. The lowest BCUT2D eigenvalue weighted by Gasteiger charge is -2.39. The lowest BCUT2D eigenvalue weighted by atomic mass is 9.64. The average Bonchev–Trinajstić information content (AvgIpc) is 3.39. The van der Waals surface area contributed by atoms with Crippen LogP contribution in [0.2, 0.25) is 0 Å². The van der Waals surface area contributed by atoms with E-state index in [1.54, 1.807) is 0 Å². The van der Waals surface area contributed by atoms with E-state index in [9.17, 15) is 10.2 Å². The summed E-state index contributed by atoms with van der Waals surface area (Å²) in [5, 5.41) is 26.9. The van der Waals surface area contributed by atoms with Crippen LogP contribution in [0.1, 0.15) is 147 Å². The zero-order chi connectivity index (χ0) is 50.4. The third-order valence-corrected chi connectivity index (χ3v) is 18.3. The van der Waals surface area contributed by atoms with Crippen LogP contribution in [0, 0.1) is 0 Å². The molecule has 1 fully saturated rings. The molecule has 2 nitrogen and oxygen atoms in total. The molecule has 2 unspecified atom stereocenters. The Morgan fingerprint density at radius 1 is 0.347 bits per heavy atom. The Kier molecular flexibility index (Phi) is 15.6. The van der Waals surface area contributed by atoms with Gasteiger partial charge in [-0.2, -0.15) is 23.5 Å². The first-order chi connectivity index (χ1) is 34.8. The molecule has 0 heterocycles. The van der Waals surface area contributed by atoms with Gasteiger partial charge in [0.25, 0.3) is 0 Å². The normalized spacial score (nSPS) is 15.9. The molecule has 4 heteroatoms. The average molecular weight is 985 g/mol. The summed E-state index contributed by atoms with van der Waals surface area (Å²) in [7, 11) is 0. The van der Waals surface area contributed by atoms with Crippen LogP contribution in [0.4, 0.5) is 0 Å². The van der Waals surface area contributed by atoms with Crippen LogP contribution < -0.4 is 0 Å². The highest BCUT2D eigenvalue weighted by atomic mass is 32.2. The topological polar surface area (TPSA) is 40.5 Å². The maximum Gasteiger partial charge on any atom is 0.124 e. The highest BCUT2D eigenvalue weighted by Crippen LogP contribution is 2.53. The fraction of sp³-hybridized carbons (Fsp3) is 0.294. The largest absolute Gasteiger partial charge is 0.507 e. The summed E-state index contributed by atoms with van der Waals surface area (Å²) >= 11 is 4.05. The second-order valence-corrected chi connectivity index (χ2v) is 24.4. The monoisotopic (exact) mass is 984 g/mol. The fourth-order valence-corrected chi connectivity index (χ4v) is 14.4. The number of hydrogen-bond acceptors (Lipinski definition) is 4. The minimum absolute atomic E-state index is 0.169. The van der Waals surface area contributed by atoms with Crippen LogP contribution >= 0.6 is 23.5 Å². The second kappa shape index (κ2) is 22.0. The van der Waals surface area contributed by atoms with Crippen LogP contribution in [0.5, 0.6) is 11.5 Å². The van der Waals surface area contributed by atoms with Gasteiger partial charge in [-0.05, 0) is 80.3 Å². The van der Waals surface area contributed by atoms with Gasteiger partial charge in [-0.3, -0.25) is 0 Å². The SMILES string of the molecule is CC(C)(C)c1cc(CSC2CCCCCCC2SCc2cc(C(C)(C)C)cc(C(c3ccccc3)(c3ccccc3)c3ccccc3)c2O)c(O)c(C(c2ccccc2)(c2ccccc2)c2ccccc2)c1. The van der Waals surface area contributed by atoms with Gasteiger partial charge in [0.2, 0.25) is 0 Å². The van der Waals surface area contributed by atoms with E-state index in [-0.39, 0.29) is 10.8 Å². The number of phenolic OH excluding ortho intramolecular Hbond substituents is 2. The van der Waals surface area contributed by atoms with Gasteiger partial charge in [-0.1, -0.05) is 261 Å². The van der Waals surface area contributed by atoms with Crippen molar-refractivity contribution in [1.82, 2.24) is 0 Å². The number of benzene rings is 8. The number of rotatable bonds is 14. The molecule has 0 saturated heterocycles. The number of thioether (sulfide) groups is 2. The Bertz CT molecular complexity index is 2590. The van der Waals surface area contributed by atoms with Crippen LogP contribution in [0.25, 0.3) is 0 Å². The molecule has 0 aliphatic heterocycles. The van der Waals surface area contributed by atoms with Crippen molar-refractivity contribution >= 4 is 23.5 Å². The summed E-state index contributed by atoms with van der Waals surface area (Å²) in [6.45, 7) is 13.7. The maximum absolute atomic E-state index is 13.1. The highest BCUT2D eigenvalue weighted by Gasteiger charge is 2.43. The van der Waals surface area contributed by atoms with Crippen LogP contribution in [-0.4, -0.2) is 20.7 Å². The standard InChI is InChI=1S/C68H72O2S2/c1-65(2,3)57-43-49(63(69)59(45-57)67(51-29-15-9-16-30-51,52-31-17-10-18-32-52)53-33-19-11-20-34-53)47-71-61-41-27-7-8-28-42-62(61)72-48-50-44-58(66(4,5)6)46-60(64(50)70)68(54-35-21-12-22-36-54,55-37-23-13-24-38-55)56-39-25-14-26-40-56/h9-26,29-40,43-46,61-62,69-70H,7-8,27-28,41-42,47-48H2,1-6H3. The maximum atomic E-state index is 13.1. The minimum atomic E-state index is -0.769. The lowest BCUT2D eigenvalue weighted by Crippen LogP contribution is -2.32. The van der Waals surface area contributed by atoms with E-state index >= 15 is 0 Å². The molecule has 2 atom stereocenters. The summed E-state index contributed by atoms with van der Waals surface area (Å²) < 4.78 is 0. The van der Waals surface area contributed by atoms with Crippen molar-refractivity contribution < 1.29 is 10.2 Å². The summed E-state index contributed by atoms with van der Waals surface area (Å²) in [4.78, 5) is 0. The van der Waals surface area contributed by atoms with E-state index in [4.69, 9.17) is 0 Å². The first-order valence-corrected chi connectivity index (χ1v) is 28.2. The molecule has 8 aromatic rings. The van der Waals surface area contributed by atoms with Gasteiger partial charge in [-0.25, -0.2) is 0 Å². The number of aromatic hydroxyl groups is 2. The summed E-state index contributed by atoms with van der Waals surface area (Å²) in [5.74, 6) is 2.14. The third-order valence-electron chi connectivity index (χ3n) is 15.2. The van der Waals surface area contributed by atoms with Crippen molar-refractivity contribution in [1.29, 1.82) is 0 Å². The quantitative estimate of drug-likeness (QED) is 0.107. The van der Waals surface area contributed by atoms with Gasteiger partial charge >= 0.3 is 0 Å². The second-order valence-electron chi connectivity index (χ2n) is 21.9. The predicted molar refractivity (Wildman–Crippen MR) is 308 cm³/mol. The van der Waals surface area contributed by atoms with Crippen molar-refractivity contribution in [2.24, 2.45) is 0 Å². The van der Waals surface area contributed by atoms with Crippen LogP contribution in [0.3, 0.4) is 0 Å². The van der Waals surface area contributed by atoms with Gasteiger partial charge < -0.3 is 10.2 Å². The fourth-order valence-electron chi connectivity index (χ4n) is 11.3. The van der Waals surface area contributed by atoms with Gasteiger partial charge in [0, 0.05) is 44.3 Å². The minimum Gasteiger partial charge on any atom is -0.507 e. The smallest absolute Gasteiger partial charge is 0.124 e. The van der Waals surface area contributed by atoms with E-state index in [0.29, 0.717) is 33.5 Å². The van der Waals surface area contributed by atoms with Gasteiger partial charge in [-0.15, -0.1) is 0 Å². The number of hydrogen-bond donors (Lipinski definition) is 2. The van der Waals surface area contributed by atoms with E-state index in [1.165, 1.54) is 36.8 Å². The highest BCUT2D eigenvalue weighted by molar-refractivity contribution is 8.03. The molecule has 1 saturated carbocycles. The Balaban J connectivity index is 1.12. The zero-order valence-electron chi connectivity index (χ0n) is 43.2. The third kappa shape index (κ3) is 10.3. The summed E-state index contributed by atoms with van der Waals surface area (Å²) in [6.07, 6.45) is 7.11. The summed E-state index contributed by atoms with van der Waals surface area (Å²) in [5.41, 5.74) is 11.1. The number of phenols is 2. The van der Waals surface area contributed by atoms with E-state index < -0.39 is 10.8 Å². The van der Waals surface area contributed by atoms with Crippen molar-refractivity contribution in [3.63, 3.8) is 0 Å². The van der Waals surface area contributed by atoms with Crippen molar-refractivity contribution in [2.45, 2.75) is 124 Å². The molecule has 9 rings (SSSR count).